The summed E-state index contributed by atoms with van der Waals surface area (Å²) in [5.74, 6) is 0.285. The van der Waals surface area contributed by atoms with Crippen molar-refractivity contribution in [2.75, 3.05) is 6.54 Å². The molecule has 106 valence electrons. The molecule has 0 aliphatic carbocycles. The molecule has 0 saturated heterocycles. The van der Waals surface area contributed by atoms with Crippen LogP contribution in [-0.2, 0) is 6.54 Å². The van der Waals surface area contributed by atoms with Crippen molar-refractivity contribution >= 4 is 5.84 Å². The van der Waals surface area contributed by atoms with E-state index < -0.39 is 0 Å². The number of aromatic nitrogens is 1. The van der Waals surface area contributed by atoms with E-state index in [4.69, 9.17) is 10.9 Å². The van der Waals surface area contributed by atoms with Gasteiger partial charge in [0.1, 0.15) is 5.84 Å². The van der Waals surface area contributed by atoms with Crippen molar-refractivity contribution in [3.63, 3.8) is 0 Å². The largest absolute Gasteiger partial charge is 0.409 e. The fraction of sp³-hybridized carbons (Fsp3) is 0.571. The number of hydrogen-bond acceptors (Lipinski definition) is 4. The molecule has 0 atom stereocenters. The average molecular weight is 264 g/mol. The number of amidine groups is 1. The van der Waals surface area contributed by atoms with Gasteiger partial charge < -0.3 is 16.3 Å². The highest BCUT2D eigenvalue weighted by Crippen LogP contribution is 2.21. The summed E-state index contributed by atoms with van der Waals surface area (Å²) in [6.45, 7) is 7.60. The number of rotatable bonds is 7. The Kier molecular flexibility index (Phi) is 5.76. The topological polar surface area (TPSA) is 83.5 Å². The lowest BCUT2D eigenvalue weighted by Crippen LogP contribution is -2.32. The molecule has 0 saturated carbocycles. The summed E-state index contributed by atoms with van der Waals surface area (Å²) in [6, 6.07) is 6.02. The van der Waals surface area contributed by atoms with Crippen LogP contribution in [-0.4, -0.2) is 22.6 Å². The maximum atomic E-state index is 8.69. The van der Waals surface area contributed by atoms with Gasteiger partial charge in [0.15, 0.2) is 0 Å². The lowest BCUT2D eigenvalue weighted by molar-refractivity contribution is 0.304. The van der Waals surface area contributed by atoms with Gasteiger partial charge in [-0.1, -0.05) is 25.1 Å². The minimum atomic E-state index is -0.266. The van der Waals surface area contributed by atoms with Gasteiger partial charge in [0, 0.05) is 17.7 Å². The number of aryl methyl sites for hydroxylation is 1. The first kappa shape index (κ1) is 15.4. The molecule has 0 amide bonds. The zero-order valence-electron chi connectivity index (χ0n) is 12.0. The number of nitrogens with zero attached hydrogens (tertiary/aromatic N) is 2. The predicted molar refractivity (Wildman–Crippen MR) is 77.1 cm³/mol. The van der Waals surface area contributed by atoms with Gasteiger partial charge in [0.2, 0.25) is 0 Å². The lowest BCUT2D eigenvalue weighted by atomic mass is 9.86. The molecular formula is C14H24N4O. The highest BCUT2D eigenvalue weighted by Gasteiger charge is 2.22. The SMILES string of the molecule is Cc1cccc(CNCCCC(C)(C)C(N)=NO)n1. The summed E-state index contributed by atoms with van der Waals surface area (Å²) in [7, 11) is 0. The third kappa shape index (κ3) is 5.26. The summed E-state index contributed by atoms with van der Waals surface area (Å²) in [6.07, 6.45) is 1.84. The fourth-order valence-corrected chi connectivity index (χ4v) is 1.83. The average Bonchev–Trinajstić information content (AvgIpc) is 2.37. The molecule has 5 nitrogen and oxygen atoms in total. The molecular weight excluding hydrogens is 240 g/mol. The predicted octanol–water partition coefficient (Wildman–Crippen LogP) is 2.03. The van der Waals surface area contributed by atoms with Gasteiger partial charge in [0.05, 0.1) is 5.69 Å². The highest BCUT2D eigenvalue weighted by molar-refractivity contribution is 5.85. The lowest BCUT2D eigenvalue weighted by Gasteiger charge is -2.22. The van der Waals surface area contributed by atoms with Crippen LogP contribution in [0.15, 0.2) is 23.4 Å². The van der Waals surface area contributed by atoms with Crippen LogP contribution in [0.5, 0.6) is 0 Å². The summed E-state index contributed by atoms with van der Waals surface area (Å²) >= 11 is 0. The molecule has 4 N–H and O–H groups in total. The summed E-state index contributed by atoms with van der Waals surface area (Å²) < 4.78 is 0. The van der Waals surface area contributed by atoms with Crippen LogP contribution in [0.1, 0.15) is 38.1 Å². The van der Waals surface area contributed by atoms with E-state index in [2.05, 4.69) is 15.5 Å². The van der Waals surface area contributed by atoms with Crippen molar-refractivity contribution in [3.05, 3.63) is 29.6 Å². The van der Waals surface area contributed by atoms with Crippen molar-refractivity contribution in [2.24, 2.45) is 16.3 Å². The maximum absolute atomic E-state index is 8.69. The zero-order valence-corrected chi connectivity index (χ0v) is 12.0. The third-order valence-corrected chi connectivity index (χ3v) is 3.21. The number of oxime groups is 1. The van der Waals surface area contributed by atoms with E-state index in [0.29, 0.717) is 0 Å². The molecule has 19 heavy (non-hydrogen) atoms. The first-order valence-corrected chi connectivity index (χ1v) is 6.57. The van der Waals surface area contributed by atoms with Crippen molar-refractivity contribution in [1.29, 1.82) is 0 Å². The van der Waals surface area contributed by atoms with Gasteiger partial charge in [-0.15, -0.1) is 0 Å². The molecule has 0 fully saturated rings. The van der Waals surface area contributed by atoms with Crippen molar-refractivity contribution < 1.29 is 5.21 Å². The van der Waals surface area contributed by atoms with Gasteiger partial charge in [0.25, 0.3) is 0 Å². The Morgan fingerprint density at radius 3 is 2.84 bits per heavy atom. The molecule has 0 radical (unpaired) electrons. The number of nitrogens with one attached hydrogen (secondary N) is 1. The Labute approximate surface area is 114 Å². The monoisotopic (exact) mass is 264 g/mol. The molecule has 0 aliphatic heterocycles. The van der Waals surface area contributed by atoms with Crippen LogP contribution in [0.25, 0.3) is 0 Å². The van der Waals surface area contributed by atoms with Crippen molar-refractivity contribution in [3.8, 4) is 0 Å². The number of hydrogen-bond donors (Lipinski definition) is 3. The van der Waals surface area contributed by atoms with Gasteiger partial charge in [-0.3, -0.25) is 4.98 Å². The first-order valence-electron chi connectivity index (χ1n) is 6.57. The minimum absolute atomic E-state index is 0.266. The van der Waals surface area contributed by atoms with E-state index in [1.807, 2.05) is 39.0 Å². The molecule has 0 bridgehead atoms. The Bertz CT molecular complexity index is 429. The molecule has 1 aromatic heterocycles. The number of pyridine rings is 1. The fourth-order valence-electron chi connectivity index (χ4n) is 1.83. The van der Waals surface area contributed by atoms with Crippen LogP contribution in [0.2, 0.25) is 0 Å². The van der Waals surface area contributed by atoms with Crippen molar-refractivity contribution in [1.82, 2.24) is 10.3 Å². The molecule has 0 aromatic carbocycles. The van der Waals surface area contributed by atoms with Gasteiger partial charge in [-0.2, -0.15) is 0 Å². The van der Waals surface area contributed by atoms with E-state index in [0.717, 1.165) is 37.3 Å². The normalized spacial score (nSPS) is 12.7. The molecule has 1 heterocycles. The zero-order chi connectivity index (χ0) is 14.3. The molecule has 1 aromatic rings. The Morgan fingerprint density at radius 2 is 2.21 bits per heavy atom. The summed E-state index contributed by atoms with van der Waals surface area (Å²) in [4.78, 5) is 4.43. The summed E-state index contributed by atoms with van der Waals surface area (Å²) in [5, 5.41) is 15.1. The first-order chi connectivity index (χ1) is 8.95. The Balaban J connectivity index is 2.25. The Morgan fingerprint density at radius 1 is 1.47 bits per heavy atom. The second-order valence-corrected chi connectivity index (χ2v) is 5.42. The van der Waals surface area contributed by atoms with Gasteiger partial charge in [-0.05, 0) is 38.4 Å². The van der Waals surface area contributed by atoms with Gasteiger partial charge >= 0.3 is 0 Å². The van der Waals surface area contributed by atoms with Gasteiger partial charge in [-0.25, -0.2) is 0 Å². The molecule has 0 spiro atoms. The van der Waals surface area contributed by atoms with E-state index in [1.165, 1.54) is 0 Å². The van der Waals surface area contributed by atoms with Crippen LogP contribution in [0.3, 0.4) is 0 Å². The molecule has 5 heteroatoms. The second kappa shape index (κ2) is 7.09. The summed E-state index contributed by atoms with van der Waals surface area (Å²) in [5.41, 5.74) is 7.46. The maximum Gasteiger partial charge on any atom is 0.144 e. The number of nitrogens with two attached hydrogens (primary N) is 1. The van der Waals surface area contributed by atoms with Crippen LogP contribution >= 0.6 is 0 Å². The molecule has 0 aliphatic rings. The molecule has 0 unspecified atom stereocenters. The van der Waals surface area contributed by atoms with E-state index >= 15 is 0 Å². The van der Waals surface area contributed by atoms with E-state index in [-0.39, 0.29) is 11.3 Å². The van der Waals surface area contributed by atoms with Crippen LogP contribution < -0.4 is 11.1 Å². The Hall–Kier alpha value is -1.62. The van der Waals surface area contributed by atoms with Crippen LogP contribution in [0.4, 0.5) is 0 Å². The van der Waals surface area contributed by atoms with Crippen molar-refractivity contribution in [2.45, 2.75) is 40.2 Å². The minimum Gasteiger partial charge on any atom is -0.409 e. The quantitative estimate of drug-likeness (QED) is 0.231. The van der Waals surface area contributed by atoms with Crippen LogP contribution in [0, 0.1) is 12.3 Å². The highest BCUT2D eigenvalue weighted by atomic mass is 16.4. The smallest absolute Gasteiger partial charge is 0.144 e. The van der Waals surface area contributed by atoms with E-state index in [9.17, 15) is 0 Å². The standard InChI is InChI=1S/C14H24N4O/c1-11-6-4-7-12(17-11)10-16-9-5-8-14(2,3)13(15)18-19/h4,6-7,16,19H,5,8-10H2,1-3H3,(H2,15,18). The van der Waals surface area contributed by atoms with E-state index in [1.54, 1.807) is 0 Å². The third-order valence-electron chi connectivity index (χ3n) is 3.21. The second-order valence-electron chi connectivity index (χ2n) is 5.42. The molecule has 1 rings (SSSR count).